The topological polar surface area (TPSA) is 38.0 Å². The highest BCUT2D eigenvalue weighted by Crippen LogP contribution is 2.32. The van der Waals surface area contributed by atoms with Gasteiger partial charge in [-0.05, 0) is 33.1 Å². The highest BCUT2D eigenvalue weighted by atomic mass is 35.5. The fraction of sp³-hybridized carbons (Fsp3) is 0.700. The predicted octanol–water partition coefficient (Wildman–Crippen LogP) is 2.24. The molecule has 1 aromatic rings. The van der Waals surface area contributed by atoms with Crippen LogP contribution in [-0.4, -0.2) is 21.0 Å². The number of halogens is 1. The number of aromatic nitrogens is 2. The molecule has 0 radical (unpaired) electrons. The molecule has 1 aromatic heterocycles. The quantitative estimate of drug-likeness (QED) is 0.779. The minimum absolute atomic E-state index is 0.126. The third-order valence-electron chi connectivity index (χ3n) is 2.99. The summed E-state index contributed by atoms with van der Waals surface area (Å²) in [4.78, 5) is 0. The van der Waals surface area contributed by atoms with Crippen LogP contribution in [0.4, 0.5) is 0 Å². The molecule has 78 valence electrons. The molecule has 0 amide bonds. The Morgan fingerprint density at radius 3 is 2.57 bits per heavy atom. The minimum Gasteiger partial charge on any atom is -0.391 e. The van der Waals surface area contributed by atoms with Crippen LogP contribution < -0.4 is 0 Å². The fourth-order valence-electron chi connectivity index (χ4n) is 2.17. The Kier molecular flexibility index (Phi) is 2.54. The number of aliphatic hydroxyl groups is 1. The zero-order valence-corrected chi connectivity index (χ0v) is 9.25. The van der Waals surface area contributed by atoms with Gasteiger partial charge in [0, 0.05) is 0 Å². The molecule has 14 heavy (non-hydrogen) atoms. The summed E-state index contributed by atoms with van der Waals surface area (Å²) < 4.78 is 1.88. The first-order chi connectivity index (χ1) is 6.61. The van der Waals surface area contributed by atoms with E-state index in [1.807, 2.05) is 18.5 Å². The van der Waals surface area contributed by atoms with Crippen molar-refractivity contribution < 1.29 is 5.11 Å². The number of hydrogen-bond donors (Lipinski definition) is 1. The van der Waals surface area contributed by atoms with Crippen molar-refractivity contribution in [2.24, 2.45) is 0 Å². The number of rotatable bonds is 1. The van der Waals surface area contributed by atoms with Crippen LogP contribution >= 0.6 is 11.6 Å². The van der Waals surface area contributed by atoms with Gasteiger partial charge in [0.2, 0.25) is 0 Å². The third-order valence-corrected chi connectivity index (χ3v) is 3.54. The lowest BCUT2D eigenvalue weighted by molar-refractivity contribution is 0.129. The highest BCUT2D eigenvalue weighted by Gasteiger charge is 2.29. The Bertz CT molecular complexity index is 348. The van der Waals surface area contributed by atoms with Crippen LogP contribution in [0.3, 0.4) is 0 Å². The van der Waals surface area contributed by atoms with E-state index in [1.54, 1.807) is 0 Å². The smallest absolute Gasteiger partial charge is 0.0844 e. The first kappa shape index (κ1) is 9.99. The maximum absolute atomic E-state index is 9.76. The molecule has 0 bridgehead atoms. The van der Waals surface area contributed by atoms with Gasteiger partial charge in [0.25, 0.3) is 0 Å². The third kappa shape index (κ3) is 1.44. The van der Waals surface area contributed by atoms with Crippen LogP contribution in [0, 0.1) is 13.8 Å². The molecule has 1 fully saturated rings. The standard InChI is InChI=1S/C10H15ClN2O/c1-6-10(11)7(2)13(12-6)8-4-3-5-9(8)14/h8-9,14H,3-5H2,1-2H3. The van der Waals surface area contributed by atoms with Crippen molar-refractivity contribution in [3.63, 3.8) is 0 Å². The molecule has 2 unspecified atom stereocenters. The predicted molar refractivity (Wildman–Crippen MR) is 55.6 cm³/mol. The second-order valence-electron chi connectivity index (χ2n) is 3.99. The van der Waals surface area contributed by atoms with Gasteiger partial charge in [0.05, 0.1) is 28.6 Å². The van der Waals surface area contributed by atoms with Gasteiger partial charge >= 0.3 is 0 Å². The lowest BCUT2D eigenvalue weighted by Crippen LogP contribution is -2.20. The van der Waals surface area contributed by atoms with E-state index in [2.05, 4.69) is 5.10 Å². The van der Waals surface area contributed by atoms with Crippen LogP contribution in [0.15, 0.2) is 0 Å². The molecule has 1 heterocycles. The van der Waals surface area contributed by atoms with Gasteiger partial charge in [-0.3, -0.25) is 4.68 Å². The maximum Gasteiger partial charge on any atom is 0.0844 e. The van der Waals surface area contributed by atoms with Crippen LogP contribution in [0.5, 0.6) is 0 Å². The molecule has 1 aliphatic carbocycles. The molecule has 2 atom stereocenters. The summed E-state index contributed by atoms with van der Waals surface area (Å²) in [5.74, 6) is 0. The van der Waals surface area contributed by atoms with Crippen molar-refractivity contribution in [3.8, 4) is 0 Å². The largest absolute Gasteiger partial charge is 0.391 e. The van der Waals surface area contributed by atoms with Gasteiger partial charge in [0.1, 0.15) is 0 Å². The minimum atomic E-state index is -0.260. The van der Waals surface area contributed by atoms with E-state index >= 15 is 0 Å². The molecular formula is C10H15ClN2O. The van der Waals surface area contributed by atoms with Crippen molar-refractivity contribution in [1.29, 1.82) is 0 Å². The average molecular weight is 215 g/mol. The monoisotopic (exact) mass is 214 g/mol. The van der Waals surface area contributed by atoms with Gasteiger partial charge in [-0.15, -0.1) is 0 Å². The highest BCUT2D eigenvalue weighted by molar-refractivity contribution is 6.31. The lowest BCUT2D eigenvalue weighted by atomic mass is 10.2. The molecule has 0 spiro atoms. The normalized spacial score (nSPS) is 27.1. The lowest BCUT2D eigenvalue weighted by Gasteiger charge is -2.16. The molecule has 3 nitrogen and oxygen atoms in total. The van der Waals surface area contributed by atoms with Crippen molar-refractivity contribution >= 4 is 11.6 Å². The second-order valence-corrected chi connectivity index (χ2v) is 4.37. The van der Waals surface area contributed by atoms with Gasteiger partial charge < -0.3 is 5.11 Å². The van der Waals surface area contributed by atoms with E-state index in [-0.39, 0.29) is 12.1 Å². The molecule has 0 aliphatic heterocycles. The summed E-state index contributed by atoms with van der Waals surface area (Å²) in [5.41, 5.74) is 1.82. The fourth-order valence-corrected chi connectivity index (χ4v) is 2.30. The molecular weight excluding hydrogens is 200 g/mol. The summed E-state index contributed by atoms with van der Waals surface area (Å²) >= 11 is 6.06. The molecule has 1 N–H and O–H groups in total. The van der Waals surface area contributed by atoms with Crippen molar-refractivity contribution in [2.75, 3.05) is 0 Å². The zero-order valence-electron chi connectivity index (χ0n) is 8.50. The van der Waals surface area contributed by atoms with Gasteiger partial charge in [-0.2, -0.15) is 5.10 Å². The number of nitrogens with zero attached hydrogens (tertiary/aromatic N) is 2. The van der Waals surface area contributed by atoms with Gasteiger partial charge in [0.15, 0.2) is 0 Å². The Hall–Kier alpha value is -0.540. The molecule has 1 aliphatic rings. The van der Waals surface area contributed by atoms with E-state index in [9.17, 15) is 5.11 Å². The van der Waals surface area contributed by atoms with Gasteiger partial charge in [-0.1, -0.05) is 11.6 Å². The van der Waals surface area contributed by atoms with Gasteiger partial charge in [-0.25, -0.2) is 0 Å². The molecule has 0 aromatic carbocycles. The first-order valence-electron chi connectivity index (χ1n) is 5.00. The maximum atomic E-state index is 9.76. The number of hydrogen-bond acceptors (Lipinski definition) is 2. The zero-order chi connectivity index (χ0) is 10.3. The van der Waals surface area contributed by atoms with E-state index in [1.165, 1.54) is 0 Å². The van der Waals surface area contributed by atoms with E-state index in [0.717, 1.165) is 35.7 Å². The Labute approximate surface area is 88.7 Å². The average Bonchev–Trinajstić information content (AvgIpc) is 2.66. The van der Waals surface area contributed by atoms with E-state index in [0.29, 0.717) is 0 Å². The molecule has 0 saturated heterocycles. The van der Waals surface area contributed by atoms with Crippen LogP contribution in [-0.2, 0) is 0 Å². The Morgan fingerprint density at radius 2 is 2.14 bits per heavy atom. The summed E-state index contributed by atoms with van der Waals surface area (Å²) in [6.45, 7) is 3.85. The summed E-state index contributed by atoms with van der Waals surface area (Å²) in [7, 11) is 0. The van der Waals surface area contributed by atoms with Crippen LogP contribution in [0.1, 0.15) is 36.7 Å². The molecule has 2 rings (SSSR count). The van der Waals surface area contributed by atoms with Crippen molar-refractivity contribution in [1.82, 2.24) is 9.78 Å². The molecule has 4 heteroatoms. The number of aryl methyl sites for hydroxylation is 1. The summed E-state index contributed by atoms with van der Waals surface area (Å²) in [5, 5.41) is 14.9. The van der Waals surface area contributed by atoms with E-state index in [4.69, 9.17) is 11.6 Å². The van der Waals surface area contributed by atoms with Crippen LogP contribution in [0.2, 0.25) is 5.02 Å². The van der Waals surface area contributed by atoms with Crippen LogP contribution in [0.25, 0.3) is 0 Å². The first-order valence-corrected chi connectivity index (χ1v) is 5.38. The Morgan fingerprint density at radius 1 is 1.43 bits per heavy atom. The summed E-state index contributed by atoms with van der Waals surface area (Å²) in [6, 6.07) is 0.126. The SMILES string of the molecule is Cc1nn(C2CCCC2O)c(C)c1Cl. The summed E-state index contributed by atoms with van der Waals surface area (Å²) in [6.07, 6.45) is 2.69. The van der Waals surface area contributed by atoms with E-state index < -0.39 is 0 Å². The van der Waals surface area contributed by atoms with Crippen molar-refractivity contribution in [3.05, 3.63) is 16.4 Å². The number of aliphatic hydroxyl groups excluding tert-OH is 1. The molecule has 1 saturated carbocycles. The second kappa shape index (κ2) is 3.55. The Balaban J connectivity index is 2.36. The van der Waals surface area contributed by atoms with Crippen molar-refractivity contribution in [2.45, 2.75) is 45.3 Å².